The van der Waals surface area contributed by atoms with E-state index in [-0.39, 0.29) is 5.56 Å². The first-order valence-electron chi connectivity index (χ1n) is 11.1. The van der Waals surface area contributed by atoms with Crippen LogP contribution < -0.4 is 10.8 Å². The molecule has 164 valence electrons. The highest BCUT2D eigenvalue weighted by Crippen LogP contribution is 2.61. The number of nitrogens with two attached hydrogens (primary N) is 1. The molecule has 0 aliphatic heterocycles. The van der Waals surface area contributed by atoms with Gasteiger partial charge in [-0.1, -0.05) is 57.4 Å². The van der Waals surface area contributed by atoms with E-state index in [9.17, 15) is 9.90 Å². The molecule has 0 saturated carbocycles. The monoisotopic (exact) mass is 422 g/mol. The fraction of sp³-hybridized carbons (Fsp3) is 0.682. The lowest BCUT2D eigenvalue weighted by molar-refractivity contribution is -0.254. The molecule has 29 heavy (non-hydrogen) atoms. The quantitative estimate of drug-likeness (QED) is 0.473. The number of nitrogens with zero attached hydrogens (tertiary/aromatic N) is 2. The molecule has 0 fully saturated rings. The summed E-state index contributed by atoms with van der Waals surface area (Å²) in [5.74, 6) is -1.24. The number of carbonyl (C=O) groups excluding carboxylic acids is 1. The molecular weight excluding hydrogens is 383 g/mol. The lowest BCUT2D eigenvalue weighted by Gasteiger charge is -2.28. The van der Waals surface area contributed by atoms with E-state index in [4.69, 9.17) is 5.73 Å². The molecular formula is C22H39N4O2P. The second-order valence-corrected chi connectivity index (χ2v) is 12.2. The molecule has 0 atom stereocenters. The maximum Gasteiger partial charge on any atom is 0.121 e. The van der Waals surface area contributed by atoms with Crippen LogP contribution in [0.5, 0.6) is 0 Å². The number of aromatic nitrogens is 3. The van der Waals surface area contributed by atoms with Gasteiger partial charge in [-0.15, -0.1) is 5.10 Å². The lowest BCUT2D eigenvalue weighted by atomic mass is 10.2. The zero-order valence-corrected chi connectivity index (χ0v) is 19.3. The van der Waals surface area contributed by atoms with Crippen LogP contribution in [0.15, 0.2) is 18.2 Å². The minimum absolute atomic E-state index is 0.0567. The summed E-state index contributed by atoms with van der Waals surface area (Å²) in [5, 5.41) is 20.2. The second-order valence-electron chi connectivity index (χ2n) is 7.74. The van der Waals surface area contributed by atoms with Gasteiger partial charge < -0.3 is 15.6 Å². The third-order valence-electron chi connectivity index (χ3n) is 5.37. The van der Waals surface area contributed by atoms with E-state index in [1.807, 2.05) is 0 Å². The topological polar surface area (TPSA) is 108 Å². The number of aromatic carboxylic acids is 1. The number of carboxylic acid groups (broad SMARTS) is 1. The Morgan fingerprint density at radius 1 is 1.00 bits per heavy atom. The number of H-pyrrole nitrogens is 1. The Hall–Kier alpha value is -1.52. The van der Waals surface area contributed by atoms with E-state index in [1.165, 1.54) is 57.2 Å². The summed E-state index contributed by atoms with van der Waals surface area (Å²) in [6, 6.07) is 4.73. The molecule has 1 aromatic heterocycles. The molecule has 3 N–H and O–H groups in total. The van der Waals surface area contributed by atoms with Gasteiger partial charge in [0, 0.05) is 12.8 Å². The normalized spacial score (nSPS) is 11.3. The maximum absolute atomic E-state index is 10.5. The highest BCUT2D eigenvalue weighted by Gasteiger charge is 2.34. The predicted molar refractivity (Wildman–Crippen MR) is 123 cm³/mol. The van der Waals surface area contributed by atoms with E-state index in [1.54, 1.807) is 30.6 Å². The number of rotatable bonds is 13. The molecule has 1 aromatic carbocycles. The number of hydrogen-bond acceptors (Lipinski definition) is 5. The van der Waals surface area contributed by atoms with Crippen molar-refractivity contribution in [3.8, 4) is 0 Å². The first-order valence-corrected chi connectivity index (χ1v) is 13.6. The number of carbonyl (C=O) groups is 1. The Bertz CT molecular complexity index is 667. The minimum Gasteiger partial charge on any atom is -0.545 e. The standard InChI is InChI=1S/C15H35NP.C7H5N3O2/c1-4-7-12-17(13-8-5-2,14-9-6-3)15-10-11-16;11-7(12)4-2-1-3-5-6(4)9-10-8-5/h4-16H2,1-3H3;1-3H,(H,11,12)(H,8,9,10)/q+1;/p-1. The fourth-order valence-corrected chi connectivity index (χ4v) is 8.77. The average Bonchev–Trinajstić information content (AvgIpc) is 3.22. The second kappa shape index (κ2) is 14.5. The van der Waals surface area contributed by atoms with Gasteiger partial charge >= 0.3 is 0 Å². The number of unbranched alkanes of at least 4 members (excludes halogenated alkanes) is 3. The van der Waals surface area contributed by atoms with Gasteiger partial charge in [0.2, 0.25) is 0 Å². The molecule has 0 saturated heterocycles. The Balaban J connectivity index is 0.000000304. The molecule has 2 rings (SSSR count). The van der Waals surface area contributed by atoms with E-state index in [2.05, 4.69) is 36.2 Å². The SMILES string of the molecule is CCCC[P+](CCCC)(CCCC)CCCN.O=C([O-])c1cccc2[nH]nnc12. The molecule has 0 aliphatic rings. The Morgan fingerprint density at radius 2 is 1.55 bits per heavy atom. The Kier molecular flexibility index (Phi) is 12.7. The zero-order valence-electron chi connectivity index (χ0n) is 18.5. The van der Waals surface area contributed by atoms with Gasteiger partial charge in [0.25, 0.3) is 0 Å². The lowest BCUT2D eigenvalue weighted by Crippen LogP contribution is -2.22. The van der Waals surface area contributed by atoms with Gasteiger partial charge in [-0.25, -0.2) is 0 Å². The summed E-state index contributed by atoms with van der Waals surface area (Å²) in [4.78, 5) is 10.5. The molecule has 0 radical (unpaired) electrons. The number of carboxylic acids is 1. The van der Waals surface area contributed by atoms with Crippen molar-refractivity contribution in [2.45, 2.75) is 65.7 Å². The molecule has 0 spiro atoms. The largest absolute Gasteiger partial charge is 0.545 e. The minimum atomic E-state index is -1.24. The molecule has 0 aliphatic carbocycles. The first-order chi connectivity index (χ1) is 14.0. The van der Waals surface area contributed by atoms with Crippen molar-refractivity contribution in [2.24, 2.45) is 5.73 Å². The fourth-order valence-electron chi connectivity index (χ4n) is 3.61. The van der Waals surface area contributed by atoms with Crippen LogP contribution in [0, 0.1) is 0 Å². The van der Waals surface area contributed by atoms with Crippen LogP contribution in [0.1, 0.15) is 76.1 Å². The first kappa shape index (κ1) is 25.5. The van der Waals surface area contributed by atoms with Gasteiger partial charge in [-0.2, -0.15) is 0 Å². The smallest absolute Gasteiger partial charge is 0.121 e. The van der Waals surface area contributed by atoms with Gasteiger partial charge in [0.1, 0.15) is 5.52 Å². The van der Waals surface area contributed by atoms with Gasteiger partial charge in [-0.3, -0.25) is 5.10 Å². The highest BCUT2D eigenvalue weighted by molar-refractivity contribution is 7.75. The summed E-state index contributed by atoms with van der Waals surface area (Å²) in [6.07, 6.45) is 15.8. The van der Waals surface area contributed by atoms with Gasteiger partial charge in [0.15, 0.2) is 0 Å². The Morgan fingerprint density at radius 3 is 2.03 bits per heavy atom. The summed E-state index contributed by atoms with van der Waals surface area (Å²) in [6.45, 7) is 7.89. The molecule has 1 heterocycles. The summed E-state index contributed by atoms with van der Waals surface area (Å²) >= 11 is 0. The molecule has 0 bridgehead atoms. The summed E-state index contributed by atoms with van der Waals surface area (Å²) in [7, 11) is -0.642. The van der Waals surface area contributed by atoms with E-state index in [0.29, 0.717) is 11.0 Å². The number of fused-ring (bicyclic) bond motifs is 1. The van der Waals surface area contributed by atoms with Crippen LogP contribution in [-0.2, 0) is 0 Å². The maximum atomic E-state index is 10.5. The van der Waals surface area contributed by atoms with Crippen molar-refractivity contribution in [1.82, 2.24) is 15.4 Å². The molecule has 0 amide bonds. The predicted octanol–water partition coefficient (Wildman–Crippen LogP) is 4.07. The third kappa shape index (κ3) is 8.79. The van der Waals surface area contributed by atoms with Crippen molar-refractivity contribution < 1.29 is 9.90 Å². The third-order valence-corrected chi connectivity index (χ3v) is 10.4. The van der Waals surface area contributed by atoms with Crippen molar-refractivity contribution in [3.63, 3.8) is 0 Å². The number of aromatic amines is 1. The molecule has 2 aromatic rings. The van der Waals surface area contributed by atoms with Gasteiger partial charge in [-0.05, 0) is 38.3 Å². The zero-order chi connectivity index (χ0) is 21.5. The van der Waals surface area contributed by atoms with Crippen LogP contribution in [0.4, 0.5) is 0 Å². The molecule has 0 unspecified atom stereocenters. The van der Waals surface area contributed by atoms with Crippen molar-refractivity contribution in [3.05, 3.63) is 23.8 Å². The van der Waals surface area contributed by atoms with E-state index < -0.39 is 13.2 Å². The van der Waals surface area contributed by atoms with Crippen LogP contribution in [0.25, 0.3) is 11.0 Å². The average molecular weight is 423 g/mol. The van der Waals surface area contributed by atoms with Crippen LogP contribution >= 0.6 is 7.26 Å². The van der Waals surface area contributed by atoms with Crippen molar-refractivity contribution >= 4 is 24.3 Å². The highest BCUT2D eigenvalue weighted by atomic mass is 31.2. The Labute approximate surface area is 176 Å². The summed E-state index contributed by atoms with van der Waals surface area (Å²) in [5.41, 5.74) is 6.72. The van der Waals surface area contributed by atoms with Gasteiger partial charge in [0.05, 0.1) is 36.1 Å². The van der Waals surface area contributed by atoms with Crippen LogP contribution in [-0.4, -0.2) is 52.6 Å². The number of benzene rings is 1. The molecule has 7 heteroatoms. The number of hydrogen-bond donors (Lipinski definition) is 2. The van der Waals surface area contributed by atoms with E-state index >= 15 is 0 Å². The molecule has 6 nitrogen and oxygen atoms in total. The number of nitrogens with one attached hydrogen (secondary N) is 1. The van der Waals surface area contributed by atoms with Crippen molar-refractivity contribution in [1.29, 1.82) is 0 Å². The summed E-state index contributed by atoms with van der Waals surface area (Å²) < 4.78 is 0. The van der Waals surface area contributed by atoms with Crippen LogP contribution in [0.2, 0.25) is 0 Å². The van der Waals surface area contributed by atoms with Crippen LogP contribution in [0.3, 0.4) is 0 Å². The van der Waals surface area contributed by atoms with E-state index in [0.717, 1.165) is 6.54 Å². The van der Waals surface area contributed by atoms with Crippen molar-refractivity contribution in [2.75, 3.05) is 31.2 Å².